The normalized spacial score (nSPS) is 21.0. The average molecular weight is 327 g/mol. The van der Waals surface area contributed by atoms with Gasteiger partial charge >= 0.3 is 0 Å². The van der Waals surface area contributed by atoms with Gasteiger partial charge in [0.05, 0.1) is 18.3 Å². The van der Waals surface area contributed by atoms with Crippen LogP contribution in [0, 0.1) is 13.8 Å². The van der Waals surface area contributed by atoms with Gasteiger partial charge in [-0.25, -0.2) is 0 Å². The van der Waals surface area contributed by atoms with Crippen molar-refractivity contribution in [3.05, 3.63) is 52.8 Å². The van der Waals surface area contributed by atoms with Crippen LogP contribution >= 0.6 is 0 Å². The molecule has 1 amide bonds. The molecule has 2 unspecified atom stereocenters. The summed E-state index contributed by atoms with van der Waals surface area (Å²) in [6.07, 6.45) is 1.24. The fourth-order valence-electron chi connectivity index (χ4n) is 3.34. The summed E-state index contributed by atoms with van der Waals surface area (Å²) in [6.45, 7) is 7.29. The smallest absolute Gasteiger partial charge is 0.223 e. The van der Waals surface area contributed by atoms with E-state index in [1.54, 1.807) is 0 Å². The number of aromatic amines is 1. The summed E-state index contributed by atoms with van der Waals surface area (Å²) >= 11 is 0. The van der Waals surface area contributed by atoms with E-state index in [4.69, 9.17) is 4.74 Å². The van der Waals surface area contributed by atoms with Crippen LogP contribution < -0.4 is 0 Å². The summed E-state index contributed by atoms with van der Waals surface area (Å²) in [5.41, 5.74) is 4.32. The lowest BCUT2D eigenvalue weighted by atomic mass is 10.0. The molecule has 1 saturated heterocycles. The molecule has 24 heavy (non-hydrogen) atoms. The second kappa shape index (κ2) is 7.18. The maximum Gasteiger partial charge on any atom is 0.223 e. The molecule has 1 aromatic carbocycles. The quantitative estimate of drug-likeness (QED) is 0.939. The van der Waals surface area contributed by atoms with Crippen molar-refractivity contribution >= 4 is 5.91 Å². The minimum Gasteiger partial charge on any atom is -0.367 e. The molecule has 128 valence electrons. The van der Waals surface area contributed by atoms with Crippen molar-refractivity contribution < 1.29 is 9.53 Å². The molecule has 1 aliphatic heterocycles. The number of carbonyl (C=O) groups is 1. The Kier molecular flexibility index (Phi) is 5.00. The number of carbonyl (C=O) groups excluding carboxylic acids is 1. The molecular formula is C19H25N3O2. The second-order valence-electron chi connectivity index (χ2n) is 6.56. The number of hydrogen-bond donors (Lipinski definition) is 1. The molecule has 5 heteroatoms. The van der Waals surface area contributed by atoms with Crippen LogP contribution in [0.2, 0.25) is 0 Å². The lowest BCUT2D eigenvalue weighted by molar-refractivity contribution is -0.144. The van der Waals surface area contributed by atoms with Crippen LogP contribution in [0.25, 0.3) is 0 Å². The Hall–Kier alpha value is -2.14. The van der Waals surface area contributed by atoms with Crippen LogP contribution in [0.15, 0.2) is 30.3 Å². The molecular weight excluding hydrogens is 302 g/mol. The van der Waals surface area contributed by atoms with E-state index in [1.807, 2.05) is 43.9 Å². The molecule has 1 fully saturated rings. The number of aromatic nitrogens is 2. The van der Waals surface area contributed by atoms with Crippen LogP contribution in [0.4, 0.5) is 0 Å². The highest BCUT2D eigenvalue weighted by atomic mass is 16.5. The topological polar surface area (TPSA) is 58.2 Å². The van der Waals surface area contributed by atoms with Crippen molar-refractivity contribution in [1.82, 2.24) is 15.1 Å². The molecule has 0 aliphatic carbocycles. The number of hydrogen-bond acceptors (Lipinski definition) is 3. The van der Waals surface area contributed by atoms with Gasteiger partial charge in [-0.15, -0.1) is 0 Å². The van der Waals surface area contributed by atoms with Gasteiger partial charge in [0, 0.05) is 18.7 Å². The Morgan fingerprint density at radius 2 is 2.04 bits per heavy atom. The predicted molar refractivity (Wildman–Crippen MR) is 92.7 cm³/mol. The first-order chi connectivity index (χ1) is 11.5. The molecule has 0 bridgehead atoms. The van der Waals surface area contributed by atoms with E-state index in [2.05, 4.69) is 22.3 Å². The number of ether oxygens (including phenoxy) is 1. The molecule has 1 aliphatic rings. The number of aryl methyl sites for hydroxylation is 2. The molecule has 5 nitrogen and oxygen atoms in total. The highest BCUT2D eigenvalue weighted by Gasteiger charge is 2.29. The van der Waals surface area contributed by atoms with Crippen LogP contribution in [0.1, 0.15) is 42.0 Å². The third-order valence-electron chi connectivity index (χ3n) is 4.65. The van der Waals surface area contributed by atoms with Gasteiger partial charge in [-0.1, -0.05) is 30.3 Å². The molecule has 1 aromatic heterocycles. The van der Waals surface area contributed by atoms with Crippen molar-refractivity contribution in [3.8, 4) is 0 Å². The third-order valence-corrected chi connectivity index (χ3v) is 4.65. The average Bonchev–Trinajstić information content (AvgIpc) is 2.91. The van der Waals surface area contributed by atoms with E-state index in [0.29, 0.717) is 19.5 Å². The molecule has 3 rings (SSSR count). The zero-order chi connectivity index (χ0) is 17.1. The number of rotatable bonds is 4. The Labute approximate surface area is 143 Å². The number of morpholine rings is 1. The summed E-state index contributed by atoms with van der Waals surface area (Å²) in [4.78, 5) is 14.6. The predicted octanol–water partition coefficient (Wildman–Crippen LogP) is 2.95. The number of benzene rings is 1. The van der Waals surface area contributed by atoms with E-state index in [0.717, 1.165) is 28.9 Å². The van der Waals surface area contributed by atoms with Crippen molar-refractivity contribution in [2.45, 2.75) is 45.8 Å². The molecule has 0 radical (unpaired) electrons. The van der Waals surface area contributed by atoms with Crippen LogP contribution in [-0.4, -0.2) is 40.2 Å². The Morgan fingerprint density at radius 1 is 1.29 bits per heavy atom. The van der Waals surface area contributed by atoms with E-state index in [-0.39, 0.29) is 18.1 Å². The van der Waals surface area contributed by atoms with E-state index >= 15 is 0 Å². The Bertz CT molecular complexity index is 676. The monoisotopic (exact) mass is 327 g/mol. The van der Waals surface area contributed by atoms with Crippen molar-refractivity contribution in [2.24, 2.45) is 0 Å². The summed E-state index contributed by atoms with van der Waals surface area (Å²) in [5.74, 6) is 0.186. The standard InChI is InChI=1S/C19H25N3O2/c1-13-11-22(12-18(24-13)16-7-5-4-6-8-16)19(23)10-9-17-14(2)20-21-15(17)3/h4-8,13,18H,9-12H2,1-3H3,(H,20,21). The zero-order valence-corrected chi connectivity index (χ0v) is 14.6. The number of nitrogens with zero attached hydrogens (tertiary/aromatic N) is 2. The Morgan fingerprint density at radius 3 is 2.71 bits per heavy atom. The first-order valence-electron chi connectivity index (χ1n) is 8.53. The Balaban J connectivity index is 1.64. The SMILES string of the molecule is Cc1n[nH]c(C)c1CCC(=O)N1CC(C)OC(c2ccccc2)C1. The highest BCUT2D eigenvalue weighted by molar-refractivity contribution is 5.76. The van der Waals surface area contributed by atoms with E-state index < -0.39 is 0 Å². The lowest BCUT2D eigenvalue weighted by Gasteiger charge is -2.37. The van der Waals surface area contributed by atoms with Gasteiger partial charge in [0.1, 0.15) is 6.10 Å². The molecule has 0 spiro atoms. The molecule has 2 aromatic rings. The largest absolute Gasteiger partial charge is 0.367 e. The maximum atomic E-state index is 12.7. The minimum atomic E-state index is -0.0451. The molecule has 1 N–H and O–H groups in total. The summed E-state index contributed by atoms with van der Waals surface area (Å²) in [5, 5.41) is 7.18. The highest BCUT2D eigenvalue weighted by Crippen LogP contribution is 2.25. The second-order valence-corrected chi connectivity index (χ2v) is 6.56. The van der Waals surface area contributed by atoms with Crippen LogP contribution in [0.5, 0.6) is 0 Å². The number of H-pyrrole nitrogens is 1. The summed E-state index contributed by atoms with van der Waals surface area (Å²) in [7, 11) is 0. The number of nitrogens with one attached hydrogen (secondary N) is 1. The minimum absolute atomic E-state index is 0.0451. The fraction of sp³-hybridized carbons (Fsp3) is 0.474. The van der Waals surface area contributed by atoms with Gasteiger partial charge in [0.25, 0.3) is 0 Å². The van der Waals surface area contributed by atoms with Gasteiger partial charge in [0.15, 0.2) is 0 Å². The van der Waals surface area contributed by atoms with Gasteiger partial charge in [-0.2, -0.15) is 5.10 Å². The van der Waals surface area contributed by atoms with Crippen LogP contribution in [0.3, 0.4) is 0 Å². The zero-order valence-electron chi connectivity index (χ0n) is 14.6. The summed E-state index contributed by atoms with van der Waals surface area (Å²) in [6, 6.07) is 10.1. The van der Waals surface area contributed by atoms with Gasteiger partial charge in [0.2, 0.25) is 5.91 Å². The van der Waals surface area contributed by atoms with Gasteiger partial charge in [-0.3, -0.25) is 9.89 Å². The molecule has 2 atom stereocenters. The lowest BCUT2D eigenvalue weighted by Crippen LogP contribution is -2.46. The summed E-state index contributed by atoms with van der Waals surface area (Å²) < 4.78 is 6.03. The molecule has 2 heterocycles. The molecule has 0 saturated carbocycles. The van der Waals surface area contributed by atoms with Gasteiger partial charge < -0.3 is 9.64 Å². The van der Waals surface area contributed by atoms with E-state index in [1.165, 1.54) is 0 Å². The van der Waals surface area contributed by atoms with Crippen molar-refractivity contribution in [1.29, 1.82) is 0 Å². The van der Waals surface area contributed by atoms with Gasteiger partial charge in [-0.05, 0) is 38.3 Å². The number of amides is 1. The van der Waals surface area contributed by atoms with E-state index in [9.17, 15) is 4.79 Å². The fourth-order valence-corrected chi connectivity index (χ4v) is 3.34. The van der Waals surface area contributed by atoms with Crippen molar-refractivity contribution in [3.63, 3.8) is 0 Å². The third kappa shape index (κ3) is 3.67. The maximum absolute atomic E-state index is 12.7. The van der Waals surface area contributed by atoms with Crippen molar-refractivity contribution in [2.75, 3.05) is 13.1 Å². The first-order valence-corrected chi connectivity index (χ1v) is 8.53. The first kappa shape index (κ1) is 16.7. The van der Waals surface area contributed by atoms with Crippen LogP contribution in [-0.2, 0) is 16.0 Å².